The second-order valence-corrected chi connectivity index (χ2v) is 24.9. The van der Waals surface area contributed by atoms with Gasteiger partial charge in [-0.3, -0.25) is 38.4 Å². The molecule has 2 aromatic heterocycles. The van der Waals surface area contributed by atoms with Gasteiger partial charge in [0.2, 0.25) is 41.4 Å². The second kappa shape index (κ2) is 36.6. The summed E-state index contributed by atoms with van der Waals surface area (Å²) >= 11 is 2.57. The SMILES string of the molecule is C=CC(=O)Nc1ccc(C(=O)Nc2cccc(Nc3c(F)c(SC4CCN(C(=O)OCc5ccc(NC(=O)CC(NC(=O)C(NC(=O)C6CCC(C(=O)N7C(=O)CCC7=O)CC6)C(C)C)SC)cc5)CC4)nc4c(C(C)C)cnn34)c2)cc1.CCCNC(N)=O.[CH3-].[Cs+]. The molecule has 11 amide bonds. The molecular formula is C64H81CsFN13O11S2. The van der Waals surface area contributed by atoms with E-state index in [9.17, 15) is 47.9 Å². The number of hydrogen-bond donors (Lipinski definition) is 8. The molecule has 3 fully saturated rings. The number of nitrogens with zero attached hydrogens (tertiary/aromatic N) is 5. The van der Waals surface area contributed by atoms with Gasteiger partial charge in [0.1, 0.15) is 17.7 Å². The minimum absolute atomic E-state index is 0. The summed E-state index contributed by atoms with van der Waals surface area (Å²) in [7, 11) is 0. The maximum Gasteiger partial charge on any atom is 1.00 e. The van der Waals surface area contributed by atoms with Gasteiger partial charge in [0.25, 0.3) is 5.91 Å². The molecule has 92 heavy (non-hydrogen) atoms. The van der Waals surface area contributed by atoms with Crippen molar-refractivity contribution < 1.29 is 126 Å². The van der Waals surface area contributed by atoms with Gasteiger partial charge in [-0.05, 0) is 129 Å². The molecule has 28 heteroatoms. The minimum Gasteiger partial charge on any atom is -0.445 e. The Kier molecular flexibility index (Phi) is 30.2. The normalized spacial score (nSPS) is 16.1. The number of halogens is 1. The third kappa shape index (κ3) is 21.4. The Morgan fingerprint density at radius 1 is 0.815 bits per heavy atom. The van der Waals surface area contributed by atoms with Crippen molar-refractivity contribution in [1.82, 2.24) is 40.3 Å². The van der Waals surface area contributed by atoms with Gasteiger partial charge in [-0.25, -0.2) is 19.5 Å². The summed E-state index contributed by atoms with van der Waals surface area (Å²) in [6.45, 7) is 14.4. The largest absolute Gasteiger partial charge is 1.00 e. The van der Waals surface area contributed by atoms with Crippen LogP contribution >= 0.6 is 23.5 Å². The van der Waals surface area contributed by atoms with E-state index in [2.05, 4.69) is 48.9 Å². The van der Waals surface area contributed by atoms with E-state index in [0.717, 1.165) is 23.0 Å². The Morgan fingerprint density at radius 2 is 1.43 bits per heavy atom. The van der Waals surface area contributed by atoms with Crippen molar-refractivity contribution in [2.45, 2.75) is 133 Å². The molecule has 5 aromatic rings. The first-order chi connectivity index (χ1) is 43.0. The summed E-state index contributed by atoms with van der Waals surface area (Å²) in [6.07, 6.45) is 7.54. The maximum absolute atomic E-state index is 16.7. The van der Waals surface area contributed by atoms with Crippen LogP contribution in [0.3, 0.4) is 0 Å². The Bertz CT molecular complexity index is 3430. The van der Waals surface area contributed by atoms with E-state index in [0.29, 0.717) is 97.7 Å². The molecule has 2 saturated heterocycles. The topological polar surface area (TPSA) is 327 Å². The number of likely N-dealkylation sites (tertiary alicyclic amines) is 2. The smallest absolute Gasteiger partial charge is 0.445 e. The monoisotopic (exact) mass is 1420 g/mol. The first-order valence-corrected chi connectivity index (χ1v) is 32.0. The molecule has 8 rings (SSSR count). The molecule has 3 aliphatic rings. The number of nitrogens with two attached hydrogens (primary N) is 1. The Hall–Kier alpha value is -6.80. The minimum atomic E-state index is -0.885. The number of urea groups is 1. The van der Waals surface area contributed by atoms with Crippen LogP contribution in [0.4, 0.5) is 42.5 Å². The van der Waals surface area contributed by atoms with Gasteiger partial charge in [-0.15, -0.1) is 11.8 Å². The third-order valence-electron chi connectivity index (χ3n) is 15.2. The number of primary amides is 1. The van der Waals surface area contributed by atoms with Crippen molar-refractivity contribution in [3.05, 3.63) is 122 Å². The Balaban J connectivity index is 0.00000161. The second-order valence-electron chi connectivity index (χ2n) is 22.6. The number of ether oxygens (including phenoxy) is 1. The number of nitrogens with one attached hydrogen (secondary N) is 7. The van der Waals surface area contributed by atoms with Gasteiger partial charge >= 0.3 is 81.0 Å². The zero-order valence-corrected chi connectivity index (χ0v) is 61.1. The number of carbonyl (C=O) groups excluding carboxylic acids is 10. The summed E-state index contributed by atoms with van der Waals surface area (Å²) in [5.74, 6) is -5.10. The van der Waals surface area contributed by atoms with Gasteiger partial charge in [0.05, 0.1) is 18.0 Å². The van der Waals surface area contributed by atoms with Crippen molar-refractivity contribution in [3.63, 3.8) is 0 Å². The van der Waals surface area contributed by atoms with Gasteiger partial charge in [-0.2, -0.15) is 14.0 Å². The number of thioether (sulfide) groups is 2. The number of fused-ring (bicyclic) bond motifs is 1. The molecule has 1 saturated carbocycles. The first kappa shape index (κ1) is 75.9. The molecule has 4 heterocycles. The summed E-state index contributed by atoms with van der Waals surface area (Å²) in [5.41, 5.74) is 9.04. The van der Waals surface area contributed by atoms with E-state index >= 15 is 4.39 Å². The quantitative estimate of drug-likeness (QED) is 0.0117. The molecule has 9 N–H and O–H groups in total. The van der Waals surface area contributed by atoms with Crippen molar-refractivity contribution >= 4 is 117 Å². The van der Waals surface area contributed by atoms with Crippen molar-refractivity contribution in [1.29, 1.82) is 0 Å². The van der Waals surface area contributed by atoms with Gasteiger partial charge < -0.3 is 60.0 Å². The van der Waals surface area contributed by atoms with Crippen molar-refractivity contribution in [3.8, 4) is 0 Å². The molecule has 2 atom stereocenters. The van der Waals surface area contributed by atoms with E-state index in [1.165, 1.54) is 28.0 Å². The fourth-order valence-corrected chi connectivity index (χ4v) is 11.8. The fraction of sp³-hybridized carbons (Fsp3) is 0.422. The van der Waals surface area contributed by atoms with Crippen LogP contribution in [-0.4, -0.2) is 126 Å². The number of anilines is 5. The number of imide groups is 3. The summed E-state index contributed by atoms with van der Waals surface area (Å²) in [5, 5.41) is 23.7. The molecule has 2 unspecified atom stereocenters. The number of benzene rings is 3. The molecule has 0 spiro atoms. The number of piperidine rings is 1. The molecule has 3 aromatic carbocycles. The first-order valence-electron chi connectivity index (χ1n) is 29.9. The number of aromatic nitrogens is 3. The molecule has 0 radical (unpaired) electrons. The van der Waals surface area contributed by atoms with E-state index in [1.54, 1.807) is 104 Å². The molecule has 1 aliphatic carbocycles. The predicted molar refractivity (Wildman–Crippen MR) is 348 cm³/mol. The van der Waals surface area contributed by atoms with Crippen LogP contribution in [0.15, 0.2) is 96.7 Å². The van der Waals surface area contributed by atoms with Crippen LogP contribution in [0.5, 0.6) is 0 Å². The van der Waals surface area contributed by atoms with Gasteiger partial charge in [0, 0.05) is 83.4 Å². The Morgan fingerprint density at radius 3 is 2.02 bits per heavy atom. The molecule has 0 bridgehead atoms. The van der Waals surface area contributed by atoms with E-state index in [-0.39, 0.29) is 154 Å². The number of rotatable bonds is 23. The van der Waals surface area contributed by atoms with Crippen molar-refractivity contribution in [2.24, 2.45) is 23.5 Å². The third-order valence-corrected chi connectivity index (χ3v) is 17.4. The number of hydrogen-bond acceptors (Lipinski definition) is 16. The van der Waals surface area contributed by atoms with Crippen LogP contribution in [0, 0.1) is 31.0 Å². The standard InChI is InChI=1S/C59H68FN11O10S2.C4H10N2O.CH3.Cs/c1-7-45(72)62-40-21-17-37(18-22-40)54(76)65-42-10-8-9-41(29-42)64-53-50(60)57(68-52-44(33(2)3)31-61-71(52)53)83-43-25-27-69(28-26-43)59(80)81-32-35-11-19-39(20-12-35)63-46(73)30-47(82-6)66-56(78)51(34(4)5)67-55(77)36-13-15-38(16-14-36)58(79)70-48(74)23-24-49(70)75;1-2-3-6-4(5)7;;/h7-12,17-22,29,31,33-34,36,38,43,47,51,64H,1,13-16,23-28,30,32H2,2-6H3,(H,62,72)(H,63,73)(H,65,76)(H,66,78)(H,67,77);2-3H2,1H3,(H3,5,6,7);1H3;/q;;-1;+1. The van der Waals surface area contributed by atoms with Crippen LogP contribution in [-0.2, 0) is 44.9 Å². The van der Waals surface area contributed by atoms with Crippen LogP contribution < -0.4 is 112 Å². The molecular weight excluding hydrogens is 1340 g/mol. The maximum atomic E-state index is 16.7. The zero-order chi connectivity index (χ0) is 65.2. The Labute approximate surface area is 602 Å². The predicted octanol–water partition coefficient (Wildman–Crippen LogP) is 6.28. The number of amides is 11. The van der Waals surface area contributed by atoms with E-state index < -0.39 is 64.8 Å². The van der Waals surface area contributed by atoms with Crippen molar-refractivity contribution in [2.75, 3.05) is 47.2 Å². The fourth-order valence-electron chi connectivity index (χ4n) is 10.2. The molecule has 24 nitrogen and oxygen atoms in total. The van der Waals surface area contributed by atoms with Crippen LogP contribution in [0.25, 0.3) is 5.65 Å². The van der Waals surface area contributed by atoms with Gasteiger partial charge in [0.15, 0.2) is 17.3 Å². The van der Waals surface area contributed by atoms with E-state index in [4.69, 9.17) is 15.5 Å². The average Bonchev–Trinajstić information content (AvgIpc) is 1.59. The zero-order valence-electron chi connectivity index (χ0n) is 53.2. The summed E-state index contributed by atoms with van der Waals surface area (Å²) in [4.78, 5) is 132. The molecule has 2 aliphatic heterocycles. The van der Waals surface area contributed by atoms with Gasteiger partial charge in [-0.1, -0.05) is 71.2 Å². The molecule has 488 valence electrons. The van der Waals surface area contributed by atoms with Crippen LogP contribution in [0.1, 0.15) is 126 Å². The average molecular weight is 1420 g/mol. The summed E-state index contributed by atoms with van der Waals surface area (Å²) < 4.78 is 23.8. The summed E-state index contributed by atoms with van der Waals surface area (Å²) in [6, 6.07) is 18.7. The number of carbonyl (C=O) groups is 10. The van der Waals surface area contributed by atoms with E-state index in [1.807, 2.05) is 20.8 Å². The van der Waals surface area contributed by atoms with Crippen LogP contribution in [0.2, 0.25) is 0 Å².